The molecule has 4 N–H and O–H groups in total. The predicted molar refractivity (Wildman–Crippen MR) is 59.1 cm³/mol. The molecule has 0 aliphatic rings. The Bertz CT molecular complexity index is 246. The zero-order valence-corrected chi connectivity index (χ0v) is 10.0. The van der Waals surface area contributed by atoms with Crippen molar-refractivity contribution in [3.05, 3.63) is 0 Å². The number of carbonyl (C=O) groups is 2. The molecular weight excluding hydrogens is 194 g/mol. The Morgan fingerprint density at radius 2 is 1.67 bits per heavy atom. The first-order valence-electron chi connectivity index (χ1n) is 4.97. The van der Waals surface area contributed by atoms with Gasteiger partial charge in [-0.25, -0.2) is 0 Å². The number of nitrogens with two attached hydrogens (primary N) is 1. The van der Waals surface area contributed by atoms with Crippen molar-refractivity contribution in [1.82, 2.24) is 10.6 Å². The first-order chi connectivity index (χ1) is 6.70. The van der Waals surface area contributed by atoms with E-state index in [1.165, 1.54) is 7.05 Å². The molecule has 0 heterocycles. The number of hydrogen-bond acceptors (Lipinski definition) is 3. The Hall–Kier alpha value is -1.10. The quantitative estimate of drug-likeness (QED) is 0.599. The minimum Gasteiger partial charge on any atom is -0.357 e. The summed E-state index contributed by atoms with van der Waals surface area (Å²) in [5.41, 5.74) is 5.43. The maximum atomic E-state index is 11.6. The molecule has 0 fully saturated rings. The summed E-state index contributed by atoms with van der Waals surface area (Å²) in [5, 5.41) is 5.01. The van der Waals surface area contributed by atoms with E-state index >= 15 is 0 Å². The van der Waals surface area contributed by atoms with Gasteiger partial charge in [0, 0.05) is 7.05 Å². The molecule has 15 heavy (non-hydrogen) atoms. The summed E-state index contributed by atoms with van der Waals surface area (Å²) in [6.07, 6.45) is 0. The third kappa shape index (κ3) is 4.29. The summed E-state index contributed by atoms with van der Waals surface area (Å²) in [7, 11) is 1.52. The van der Waals surface area contributed by atoms with E-state index in [-0.39, 0.29) is 17.2 Å². The van der Waals surface area contributed by atoms with Crippen LogP contribution in [-0.2, 0) is 9.59 Å². The normalized spacial score (nSPS) is 15.3. The lowest BCUT2D eigenvalue weighted by Crippen LogP contribution is -2.53. The van der Waals surface area contributed by atoms with Gasteiger partial charge in [0.1, 0.15) is 6.04 Å². The molecular formula is C10H21N3O2. The number of hydrogen-bond donors (Lipinski definition) is 3. The van der Waals surface area contributed by atoms with E-state index in [1.54, 1.807) is 6.92 Å². The van der Waals surface area contributed by atoms with Gasteiger partial charge in [-0.1, -0.05) is 20.8 Å². The van der Waals surface area contributed by atoms with E-state index in [4.69, 9.17) is 5.73 Å². The molecule has 0 saturated heterocycles. The van der Waals surface area contributed by atoms with Crippen LogP contribution in [0.15, 0.2) is 0 Å². The number of rotatable bonds is 3. The molecule has 5 heteroatoms. The lowest BCUT2D eigenvalue weighted by atomic mass is 9.87. The minimum atomic E-state index is -0.621. The molecule has 0 radical (unpaired) electrons. The highest BCUT2D eigenvalue weighted by atomic mass is 16.2. The van der Waals surface area contributed by atoms with E-state index < -0.39 is 12.1 Å². The van der Waals surface area contributed by atoms with Crippen LogP contribution in [0.3, 0.4) is 0 Å². The second-order valence-corrected chi connectivity index (χ2v) is 4.69. The molecule has 2 atom stereocenters. The second-order valence-electron chi connectivity index (χ2n) is 4.69. The monoisotopic (exact) mass is 215 g/mol. The highest BCUT2D eigenvalue weighted by molar-refractivity contribution is 5.89. The zero-order chi connectivity index (χ0) is 12.2. The van der Waals surface area contributed by atoms with Crippen molar-refractivity contribution in [2.45, 2.75) is 39.8 Å². The lowest BCUT2D eigenvalue weighted by molar-refractivity contribution is -0.130. The van der Waals surface area contributed by atoms with Crippen LogP contribution in [0.5, 0.6) is 0 Å². The Kier molecular flexibility index (Phi) is 4.74. The molecule has 5 nitrogen and oxygen atoms in total. The van der Waals surface area contributed by atoms with Crippen LogP contribution in [0.2, 0.25) is 0 Å². The van der Waals surface area contributed by atoms with E-state index in [9.17, 15) is 9.59 Å². The van der Waals surface area contributed by atoms with Gasteiger partial charge in [-0.2, -0.15) is 0 Å². The van der Waals surface area contributed by atoms with Crippen molar-refractivity contribution in [2.75, 3.05) is 7.05 Å². The topological polar surface area (TPSA) is 84.2 Å². The van der Waals surface area contributed by atoms with Crippen molar-refractivity contribution < 1.29 is 9.59 Å². The molecule has 0 aromatic carbocycles. The summed E-state index contributed by atoms with van der Waals surface area (Å²) >= 11 is 0. The molecule has 2 amide bonds. The van der Waals surface area contributed by atoms with Gasteiger partial charge in [0.15, 0.2) is 0 Å². The maximum absolute atomic E-state index is 11.6. The van der Waals surface area contributed by atoms with Crippen LogP contribution >= 0.6 is 0 Å². The number of amides is 2. The molecule has 0 aromatic rings. The summed E-state index contributed by atoms with van der Waals surface area (Å²) in [5.74, 6) is -0.539. The van der Waals surface area contributed by atoms with E-state index in [1.807, 2.05) is 20.8 Å². The van der Waals surface area contributed by atoms with Crippen LogP contribution in [0, 0.1) is 5.41 Å². The molecule has 0 saturated carbocycles. The van der Waals surface area contributed by atoms with Gasteiger partial charge in [0.2, 0.25) is 11.8 Å². The number of likely N-dealkylation sites (N-methyl/N-ethyl adjacent to an activating group) is 1. The molecule has 0 aliphatic heterocycles. The van der Waals surface area contributed by atoms with Crippen LogP contribution in [0.4, 0.5) is 0 Å². The van der Waals surface area contributed by atoms with Gasteiger partial charge in [-0.15, -0.1) is 0 Å². The highest BCUT2D eigenvalue weighted by Gasteiger charge is 2.28. The van der Waals surface area contributed by atoms with Gasteiger partial charge >= 0.3 is 0 Å². The van der Waals surface area contributed by atoms with Crippen LogP contribution in [0.1, 0.15) is 27.7 Å². The zero-order valence-electron chi connectivity index (χ0n) is 10.0. The van der Waals surface area contributed by atoms with Crippen molar-refractivity contribution in [3.8, 4) is 0 Å². The standard InChI is InChI=1S/C10H21N3O2/c1-6(8(14)12-5)13-9(15)7(11)10(2,3)4/h6-7H,11H2,1-5H3,(H,12,14)(H,13,15). The molecule has 2 unspecified atom stereocenters. The van der Waals surface area contributed by atoms with Crippen LogP contribution < -0.4 is 16.4 Å². The first kappa shape index (κ1) is 13.9. The highest BCUT2D eigenvalue weighted by Crippen LogP contribution is 2.17. The molecule has 88 valence electrons. The second kappa shape index (κ2) is 5.11. The van der Waals surface area contributed by atoms with Crippen molar-refractivity contribution in [2.24, 2.45) is 11.1 Å². The maximum Gasteiger partial charge on any atom is 0.242 e. The summed E-state index contributed by atoms with van der Waals surface area (Å²) in [6.45, 7) is 7.25. The minimum absolute atomic E-state index is 0.232. The Morgan fingerprint density at radius 1 is 1.20 bits per heavy atom. The lowest BCUT2D eigenvalue weighted by Gasteiger charge is -2.27. The predicted octanol–water partition coefficient (Wildman–Crippen LogP) is -0.389. The van der Waals surface area contributed by atoms with E-state index in [0.717, 1.165) is 0 Å². The first-order valence-corrected chi connectivity index (χ1v) is 4.97. The third-order valence-corrected chi connectivity index (χ3v) is 2.21. The average molecular weight is 215 g/mol. The van der Waals surface area contributed by atoms with Gasteiger partial charge < -0.3 is 16.4 Å². The van der Waals surface area contributed by atoms with Crippen LogP contribution in [0.25, 0.3) is 0 Å². The molecule has 0 bridgehead atoms. The number of nitrogens with one attached hydrogen (secondary N) is 2. The Labute approximate surface area is 90.8 Å². The molecule has 0 spiro atoms. The van der Waals surface area contributed by atoms with Gasteiger partial charge in [0.25, 0.3) is 0 Å². The molecule has 0 aliphatic carbocycles. The average Bonchev–Trinajstić information content (AvgIpc) is 2.13. The van der Waals surface area contributed by atoms with Gasteiger partial charge in [-0.05, 0) is 12.3 Å². The van der Waals surface area contributed by atoms with Gasteiger partial charge in [0.05, 0.1) is 6.04 Å². The van der Waals surface area contributed by atoms with Crippen molar-refractivity contribution >= 4 is 11.8 Å². The number of carbonyl (C=O) groups excluding carboxylic acids is 2. The van der Waals surface area contributed by atoms with E-state index in [2.05, 4.69) is 10.6 Å². The molecule has 0 rings (SSSR count). The van der Waals surface area contributed by atoms with Crippen molar-refractivity contribution in [3.63, 3.8) is 0 Å². The van der Waals surface area contributed by atoms with E-state index in [0.29, 0.717) is 0 Å². The Morgan fingerprint density at radius 3 is 2.00 bits per heavy atom. The summed E-state index contributed by atoms with van der Waals surface area (Å²) in [6, 6.07) is -1.18. The smallest absolute Gasteiger partial charge is 0.242 e. The van der Waals surface area contributed by atoms with Gasteiger partial charge in [-0.3, -0.25) is 9.59 Å². The third-order valence-electron chi connectivity index (χ3n) is 2.21. The fourth-order valence-electron chi connectivity index (χ4n) is 0.979. The van der Waals surface area contributed by atoms with Crippen LogP contribution in [-0.4, -0.2) is 30.9 Å². The Balaban J connectivity index is 4.32. The fraction of sp³-hybridized carbons (Fsp3) is 0.800. The molecule has 0 aromatic heterocycles. The fourth-order valence-corrected chi connectivity index (χ4v) is 0.979. The van der Waals surface area contributed by atoms with Crippen molar-refractivity contribution in [1.29, 1.82) is 0 Å². The summed E-state index contributed by atoms with van der Waals surface area (Å²) in [4.78, 5) is 22.8. The summed E-state index contributed by atoms with van der Waals surface area (Å²) < 4.78 is 0. The largest absolute Gasteiger partial charge is 0.357 e. The SMILES string of the molecule is CNC(=O)C(C)NC(=O)C(N)C(C)(C)C.